The van der Waals surface area contributed by atoms with Gasteiger partial charge < -0.3 is 11.5 Å². The smallest absolute Gasteiger partial charge is 0.231 e. The molecule has 14 heavy (non-hydrogen) atoms. The van der Waals surface area contributed by atoms with E-state index in [0.717, 1.165) is 13.1 Å². The van der Waals surface area contributed by atoms with E-state index in [0.29, 0.717) is 24.9 Å². The van der Waals surface area contributed by atoms with Crippen LogP contribution in [-0.2, 0) is 4.79 Å². The van der Waals surface area contributed by atoms with Crippen LogP contribution in [0.4, 0.5) is 0 Å². The highest BCUT2D eigenvalue weighted by atomic mass is 16.1. The summed E-state index contributed by atoms with van der Waals surface area (Å²) in [7, 11) is 0. The van der Waals surface area contributed by atoms with Crippen molar-refractivity contribution in [1.82, 2.24) is 4.90 Å². The van der Waals surface area contributed by atoms with Crippen molar-refractivity contribution in [3.63, 3.8) is 0 Å². The number of carbonyl (C=O) groups is 1. The number of hydrogen-bond acceptors (Lipinski definition) is 3. The van der Waals surface area contributed by atoms with Crippen molar-refractivity contribution in [2.24, 2.45) is 23.3 Å². The van der Waals surface area contributed by atoms with E-state index in [1.54, 1.807) is 0 Å². The minimum Gasteiger partial charge on any atom is -0.369 e. The minimum atomic E-state index is -0.269. The Kier molecular flexibility index (Phi) is 6.49. The average Bonchev–Trinajstić information content (AvgIpc) is 2.01. The second kappa shape index (κ2) is 6.79. The van der Waals surface area contributed by atoms with Crippen LogP contribution in [0, 0.1) is 11.8 Å². The normalized spacial score (nSPS) is 13.6. The first-order valence-electron chi connectivity index (χ1n) is 5.16. The molecule has 0 rings (SSSR count). The molecule has 0 aromatic carbocycles. The van der Waals surface area contributed by atoms with E-state index in [9.17, 15) is 4.79 Å². The van der Waals surface area contributed by atoms with Crippen molar-refractivity contribution in [2.45, 2.75) is 20.8 Å². The maximum absolute atomic E-state index is 10.8. The number of rotatable bonds is 7. The number of carbonyl (C=O) groups excluding carboxylic acids is 1. The van der Waals surface area contributed by atoms with E-state index in [4.69, 9.17) is 11.5 Å². The highest BCUT2D eigenvalue weighted by Crippen LogP contribution is 2.02. The molecule has 1 unspecified atom stereocenters. The molecule has 4 heteroatoms. The number of primary amides is 1. The fourth-order valence-corrected chi connectivity index (χ4v) is 1.46. The Balaban J connectivity index is 4.03. The quantitative estimate of drug-likeness (QED) is 0.610. The van der Waals surface area contributed by atoms with Gasteiger partial charge >= 0.3 is 0 Å². The predicted molar refractivity (Wildman–Crippen MR) is 58.7 cm³/mol. The van der Waals surface area contributed by atoms with E-state index in [1.807, 2.05) is 0 Å². The molecule has 0 radical (unpaired) electrons. The van der Waals surface area contributed by atoms with Crippen LogP contribution in [0.3, 0.4) is 0 Å². The summed E-state index contributed by atoms with van der Waals surface area (Å²) >= 11 is 0. The molecule has 0 aliphatic carbocycles. The third kappa shape index (κ3) is 6.86. The van der Waals surface area contributed by atoms with Crippen LogP contribution < -0.4 is 11.5 Å². The van der Waals surface area contributed by atoms with Crippen molar-refractivity contribution in [3.05, 3.63) is 0 Å². The van der Waals surface area contributed by atoms with Gasteiger partial charge in [-0.25, -0.2) is 0 Å². The van der Waals surface area contributed by atoms with Crippen LogP contribution in [0.1, 0.15) is 20.8 Å². The molecule has 0 aromatic rings. The monoisotopic (exact) mass is 201 g/mol. The topological polar surface area (TPSA) is 72.3 Å². The van der Waals surface area contributed by atoms with Gasteiger partial charge in [-0.1, -0.05) is 20.8 Å². The summed E-state index contributed by atoms with van der Waals surface area (Å²) in [6.07, 6.45) is 0. The van der Waals surface area contributed by atoms with Crippen LogP contribution in [0.15, 0.2) is 0 Å². The highest BCUT2D eigenvalue weighted by Gasteiger charge is 2.12. The van der Waals surface area contributed by atoms with E-state index >= 15 is 0 Å². The van der Waals surface area contributed by atoms with Gasteiger partial charge in [-0.15, -0.1) is 0 Å². The summed E-state index contributed by atoms with van der Waals surface area (Å²) in [6.45, 7) is 9.05. The first-order valence-corrected chi connectivity index (χ1v) is 5.16. The predicted octanol–water partition coefficient (Wildman–Crippen LogP) is 0.0245. The minimum absolute atomic E-state index is 0.269. The Morgan fingerprint density at radius 1 is 1.29 bits per heavy atom. The average molecular weight is 201 g/mol. The van der Waals surface area contributed by atoms with Gasteiger partial charge in [0.15, 0.2) is 0 Å². The van der Waals surface area contributed by atoms with E-state index in [2.05, 4.69) is 25.7 Å². The highest BCUT2D eigenvalue weighted by molar-refractivity contribution is 5.75. The molecular weight excluding hydrogens is 178 g/mol. The summed E-state index contributed by atoms with van der Waals surface area (Å²) in [5.74, 6) is 0.683. The van der Waals surface area contributed by atoms with Crippen LogP contribution in [0.25, 0.3) is 0 Å². The third-order valence-corrected chi connectivity index (χ3v) is 1.98. The molecule has 0 saturated heterocycles. The Hall–Kier alpha value is -0.610. The Labute approximate surface area is 86.6 Å². The maximum atomic E-state index is 10.8. The number of nitrogens with zero attached hydrogens (tertiary/aromatic N) is 1. The summed E-state index contributed by atoms with van der Waals surface area (Å²) in [5, 5.41) is 0. The second-order valence-corrected chi connectivity index (χ2v) is 4.40. The standard InChI is InChI=1S/C10H23N3O/c1-8(2)5-13(7-10(12)14)6-9(3)4-11/h8-9H,4-7,11H2,1-3H3,(H2,12,14). The van der Waals surface area contributed by atoms with Gasteiger partial charge in [0.05, 0.1) is 6.54 Å². The van der Waals surface area contributed by atoms with Crippen LogP contribution in [0.5, 0.6) is 0 Å². The number of hydrogen-bond donors (Lipinski definition) is 2. The van der Waals surface area contributed by atoms with Gasteiger partial charge in [0.1, 0.15) is 0 Å². The number of amides is 1. The second-order valence-electron chi connectivity index (χ2n) is 4.40. The van der Waals surface area contributed by atoms with E-state index < -0.39 is 0 Å². The fourth-order valence-electron chi connectivity index (χ4n) is 1.46. The first kappa shape index (κ1) is 13.4. The van der Waals surface area contributed by atoms with Crippen LogP contribution >= 0.6 is 0 Å². The van der Waals surface area contributed by atoms with Crippen molar-refractivity contribution in [3.8, 4) is 0 Å². The van der Waals surface area contributed by atoms with Crippen molar-refractivity contribution in [2.75, 3.05) is 26.2 Å². The van der Waals surface area contributed by atoms with E-state index in [1.165, 1.54) is 0 Å². The van der Waals surface area contributed by atoms with Gasteiger partial charge in [0.25, 0.3) is 0 Å². The molecule has 0 saturated carbocycles. The van der Waals surface area contributed by atoms with Crippen molar-refractivity contribution >= 4 is 5.91 Å². The fraction of sp³-hybridized carbons (Fsp3) is 0.900. The lowest BCUT2D eigenvalue weighted by Crippen LogP contribution is -2.40. The summed E-state index contributed by atoms with van der Waals surface area (Å²) < 4.78 is 0. The maximum Gasteiger partial charge on any atom is 0.231 e. The zero-order chi connectivity index (χ0) is 11.1. The molecule has 0 spiro atoms. The molecule has 1 atom stereocenters. The SMILES string of the molecule is CC(C)CN(CC(N)=O)CC(C)CN. The summed E-state index contributed by atoms with van der Waals surface area (Å²) in [6, 6.07) is 0. The Morgan fingerprint density at radius 2 is 1.86 bits per heavy atom. The van der Waals surface area contributed by atoms with Crippen LogP contribution in [-0.4, -0.2) is 37.0 Å². The molecule has 1 amide bonds. The van der Waals surface area contributed by atoms with Crippen molar-refractivity contribution < 1.29 is 4.79 Å². The molecule has 84 valence electrons. The largest absolute Gasteiger partial charge is 0.369 e. The lowest BCUT2D eigenvalue weighted by molar-refractivity contribution is -0.119. The Bertz CT molecular complexity index is 171. The molecule has 0 heterocycles. The van der Waals surface area contributed by atoms with Gasteiger partial charge in [0.2, 0.25) is 5.91 Å². The molecule has 0 aromatic heterocycles. The lowest BCUT2D eigenvalue weighted by Gasteiger charge is -2.25. The zero-order valence-corrected chi connectivity index (χ0v) is 9.49. The molecule has 4 N–H and O–H groups in total. The van der Waals surface area contributed by atoms with Gasteiger partial charge in [-0.2, -0.15) is 0 Å². The summed E-state index contributed by atoms with van der Waals surface area (Å²) in [4.78, 5) is 12.9. The molecule has 4 nitrogen and oxygen atoms in total. The van der Waals surface area contributed by atoms with Gasteiger partial charge in [0, 0.05) is 13.1 Å². The molecule has 0 aliphatic rings. The molecule has 0 bridgehead atoms. The Morgan fingerprint density at radius 3 is 2.21 bits per heavy atom. The third-order valence-electron chi connectivity index (χ3n) is 1.98. The van der Waals surface area contributed by atoms with Crippen molar-refractivity contribution in [1.29, 1.82) is 0 Å². The van der Waals surface area contributed by atoms with Gasteiger partial charge in [-0.05, 0) is 18.4 Å². The van der Waals surface area contributed by atoms with Gasteiger partial charge in [-0.3, -0.25) is 9.69 Å². The molecule has 0 fully saturated rings. The molecular formula is C10H23N3O. The first-order chi connectivity index (χ1) is 6.45. The zero-order valence-electron chi connectivity index (χ0n) is 9.49. The lowest BCUT2D eigenvalue weighted by atomic mass is 10.1. The molecule has 0 aliphatic heterocycles. The number of nitrogens with two attached hydrogens (primary N) is 2. The summed E-state index contributed by atoms with van der Waals surface area (Å²) in [5.41, 5.74) is 10.7. The van der Waals surface area contributed by atoms with E-state index in [-0.39, 0.29) is 5.91 Å². The van der Waals surface area contributed by atoms with Crippen LogP contribution in [0.2, 0.25) is 0 Å².